The third-order valence-corrected chi connectivity index (χ3v) is 25.4. The molecule has 0 fully saturated rings. The van der Waals surface area contributed by atoms with Crippen molar-refractivity contribution in [3.8, 4) is 0 Å². The van der Waals surface area contributed by atoms with Gasteiger partial charge in [-0.05, 0) is 0 Å². The van der Waals surface area contributed by atoms with Crippen molar-refractivity contribution in [2.45, 2.75) is 257 Å². The van der Waals surface area contributed by atoms with Gasteiger partial charge in [-0.2, -0.15) is 0 Å². The zero-order valence-electron chi connectivity index (χ0n) is 38.9. The molecule has 306 valence electrons. The molecule has 4 aliphatic rings. The van der Waals surface area contributed by atoms with Crippen LogP contribution in [0, 0.1) is 0 Å². The van der Waals surface area contributed by atoms with E-state index in [1.807, 2.05) is 15.5 Å². The minimum absolute atomic E-state index is 0.153. The number of hydrogen-bond acceptors (Lipinski definition) is 0. The first-order valence-corrected chi connectivity index (χ1v) is 30.9. The molecule has 2 heteroatoms. The number of benzene rings is 2. The summed E-state index contributed by atoms with van der Waals surface area (Å²) in [5, 5.41) is 0. The van der Waals surface area contributed by atoms with Gasteiger partial charge in [-0.25, -0.2) is 0 Å². The Bertz CT molecular complexity index is 1690. The number of rotatable bonds is 14. The average Bonchev–Trinajstić information content (AvgIpc) is 3.82. The molecule has 0 heterocycles. The van der Waals surface area contributed by atoms with E-state index in [0.29, 0.717) is 0 Å². The predicted octanol–water partition coefficient (Wildman–Crippen LogP) is 15.2. The summed E-state index contributed by atoms with van der Waals surface area (Å²) in [6.45, 7) is 40.7. The fourth-order valence-corrected chi connectivity index (χ4v) is 22.5. The molecule has 4 aliphatic carbocycles. The topological polar surface area (TPSA) is 0 Å². The quantitative estimate of drug-likeness (QED) is 0.166. The van der Waals surface area contributed by atoms with Gasteiger partial charge in [0.15, 0.2) is 0 Å². The molecule has 0 unspecified atom stereocenters. The van der Waals surface area contributed by atoms with Crippen LogP contribution in [0.15, 0.2) is 12.1 Å². The van der Waals surface area contributed by atoms with Crippen LogP contribution in [0.5, 0.6) is 0 Å². The van der Waals surface area contributed by atoms with Crippen LogP contribution in [-0.4, -0.2) is 16.9 Å². The predicted molar refractivity (Wildman–Crippen MR) is 250 cm³/mol. The monoisotopic (exact) mass is 872 g/mol. The van der Waals surface area contributed by atoms with Gasteiger partial charge in [0.1, 0.15) is 0 Å². The molecule has 2 aromatic carbocycles. The SMILES string of the molecule is CCC1(CC)CC(C)(C)c2c1cc1c(c2/[CH]=[Ge](\[Br])[c]2c3c(cc4c2C(CC)(CC)CC4(CC)CC)C(CC)(CC)CC3(CC)CC)C(C)(C)CC1(CC)CC. The Balaban J connectivity index is 1.87. The van der Waals surface area contributed by atoms with Gasteiger partial charge in [0.2, 0.25) is 0 Å². The summed E-state index contributed by atoms with van der Waals surface area (Å²) in [6.07, 6.45) is 20.2. The maximum atomic E-state index is 4.94. The Morgan fingerprint density at radius 1 is 0.418 bits per heavy atom. The fourth-order valence-electron chi connectivity index (χ4n) is 15.2. The van der Waals surface area contributed by atoms with E-state index >= 15 is 0 Å². The van der Waals surface area contributed by atoms with E-state index in [4.69, 9.17) is 14.0 Å². The summed E-state index contributed by atoms with van der Waals surface area (Å²) in [7, 11) is 0. The molecule has 0 aromatic heterocycles. The van der Waals surface area contributed by atoms with Gasteiger partial charge in [0, 0.05) is 0 Å². The molecule has 6 rings (SSSR count). The van der Waals surface area contributed by atoms with Gasteiger partial charge in [-0.1, -0.05) is 0 Å². The van der Waals surface area contributed by atoms with E-state index in [1.54, 1.807) is 38.9 Å². The molecule has 0 atom stereocenters. The zero-order chi connectivity index (χ0) is 40.8. The van der Waals surface area contributed by atoms with Crippen molar-refractivity contribution in [3.05, 3.63) is 62.2 Å². The normalized spacial score (nSPS) is 23.8. The van der Waals surface area contributed by atoms with Crippen LogP contribution in [-0.2, 0) is 43.3 Å². The maximum absolute atomic E-state index is 4.94. The van der Waals surface area contributed by atoms with Gasteiger partial charge in [0.25, 0.3) is 0 Å². The Morgan fingerprint density at radius 2 is 0.673 bits per heavy atom. The van der Waals surface area contributed by atoms with Crippen molar-refractivity contribution >= 4 is 35.3 Å². The van der Waals surface area contributed by atoms with Crippen molar-refractivity contribution in [1.29, 1.82) is 0 Å². The van der Waals surface area contributed by atoms with E-state index in [0.717, 1.165) is 0 Å². The second-order valence-electron chi connectivity index (χ2n) is 21.1. The van der Waals surface area contributed by atoms with Crippen molar-refractivity contribution < 1.29 is 0 Å². The Morgan fingerprint density at radius 3 is 0.945 bits per heavy atom. The summed E-state index contributed by atoms with van der Waals surface area (Å²) in [6, 6.07) is 5.74. The van der Waals surface area contributed by atoms with Crippen LogP contribution in [0.4, 0.5) is 0 Å². The van der Waals surface area contributed by atoms with Gasteiger partial charge < -0.3 is 0 Å². The van der Waals surface area contributed by atoms with E-state index in [-0.39, 0.29) is 43.3 Å². The van der Waals surface area contributed by atoms with Crippen LogP contribution in [0.1, 0.15) is 264 Å². The summed E-state index contributed by atoms with van der Waals surface area (Å²) in [4.78, 5) is 3.03. The van der Waals surface area contributed by atoms with E-state index in [2.05, 4.69) is 128 Å². The fraction of sp³-hybridized carbons (Fsp3) is 0.755. The zero-order valence-corrected chi connectivity index (χ0v) is 42.6. The Kier molecular flexibility index (Phi) is 11.8. The third-order valence-electron chi connectivity index (χ3n) is 18.9. The molecule has 0 N–H and O–H groups in total. The first-order chi connectivity index (χ1) is 25.9. The van der Waals surface area contributed by atoms with Gasteiger partial charge in [-0.15, -0.1) is 0 Å². The number of halogens is 1. The van der Waals surface area contributed by atoms with Crippen LogP contribution >= 0.6 is 14.0 Å². The molecule has 0 spiro atoms. The molecule has 55 heavy (non-hydrogen) atoms. The number of hydrogen-bond donors (Lipinski definition) is 0. The summed E-state index contributed by atoms with van der Waals surface area (Å²) >= 11 is 2.66. The first-order valence-electron chi connectivity index (χ1n) is 23.7. The molecule has 0 bridgehead atoms. The Labute approximate surface area is 352 Å². The van der Waals surface area contributed by atoms with E-state index < -0.39 is 12.1 Å². The third kappa shape index (κ3) is 5.82. The van der Waals surface area contributed by atoms with Crippen molar-refractivity contribution in [2.24, 2.45) is 0 Å². The van der Waals surface area contributed by atoms with Crippen molar-refractivity contribution in [1.82, 2.24) is 0 Å². The van der Waals surface area contributed by atoms with Gasteiger partial charge in [0.05, 0.1) is 0 Å². The molecular formula is C53H83BrGe. The van der Waals surface area contributed by atoms with Crippen molar-refractivity contribution in [3.63, 3.8) is 0 Å². The number of fused-ring (bicyclic) bond motifs is 4. The molecule has 0 radical (unpaired) electrons. The molecule has 2 aromatic rings. The van der Waals surface area contributed by atoms with E-state index in [1.165, 1.54) is 103 Å². The van der Waals surface area contributed by atoms with Crippen LogP contribution in [0.2, 0.25) is 0 Å². The molecule has 0 aliphatic heterocycles. The summed E-state index contributed by atoms with van der Waals surface area (Å²) < 4.78 is 1.89. The van der Waals surface area contributed by atoms with Crippen LogP contribution in [0.3, 0.4) is 0 Å². The Hall–Kier alpha value is -0.667. The van der Waals surface area contributed by atoms with Crippen LogP contribution < -0.4 is 4.40 Å². The second-order valence-corrected chi connectivity index (χ2v) is 28.7. The average molecular weight is 873 g/mol. The first kappa shape index (κ1) is 43.9. The molecule has 0 saturated carbocycles. The molecule has 0 amide bonds. The molecule has 0 saturated heterocycles. The van der Waals surface area contributed by atoms with Crippen molar-refractivity contribution in [2.75, 3.05) is 0 Å². The van der Waals surface area contributed by atoms with Crippen LogP contribution in [0.25, 0.3) is 0 Å². The molecular weight excluding hydrogens is 789 g/mol. The van der Waals surface area contributed by atoms with Gasteiger partial charge >= 0.3 is 354 Å². The van der Waals surface area contributed by atoms with E-state index in [9.17, 15) is 0 Å². The minimum atomic E-state index is -2.29. The molecule has 0 nitrogen and oxygen atoms in total. The standard InChI is InChI=1S/C53H83BrGe/c1-17-48(18-2)32-46(13,14)41-36(42-38(29-37(41)48)49(19-3,20-4)33-47(42,15)16)31-55(54)45-43-39(50(21-5,22-6)34-52(43,25-9)26-10)30-40-44(45)53(27-11,28-12)35-51(40,23-7)24-8/h29-31H,17-28,32-35H2,1-16H3/b55-31-. The summed E-state index contributed by atoms with van der Waals surface area (Å²) in [5.41, 5.74) is 17.8. The van der Waals surface area contributed by atoms with Gasteiger partial charge in [-0.3, -0.25) is 0 Å². The second kappa shape index (κ2) is 14.8. The summed E-state index contributed by atoms with van der Waals surface area (Å²) in [5.74, 6) is 0.